The number of nitrogens with zero attached hydrogens (tertiary/aromatic N) is 4. The average molecular weight is 196 g/mol. The number of hydrogen-bond donors (Lipinski definition) is 0. The van der Waals surface area contributed by atoms with Crippen LogP contribution in [0.5, 0.6) is 0 Å². The van der Waals surface area contributed by atoms with Gasteiger partial charge in [0.2, 0.25) is 0 Å². The fourth-order valence-corrected chi connectivity index (χ4v) is 1.72. The molecule has 0 spiro atoms. The summed E-state index contributed by atoms with van der Waals surface area (Å²) in [7, 11) is 0. The van der Waals surface area contributed by atoms with Crippen LogP contribution >= 0.6 is 0 Å². The van der Waals surface area contributed by atoms with Gasteiger partial charge < -0.3 is 14.7 Å². The summed E-state index contributed by atoms with van der Waals surface area (Å²) < 4.78 is 4.62. The number of aromatic nitrogens is 2. The van der Waals surface area contributed by atoms with E-state index < -0.39 is 0 Å². The minimum absolute atomic E-state index is 0.434. The van der Waals surface area contributed by atoms with Gasteiger partial charge in [0, 0.05) is 12.6 Å². The van der Waals surface area contributed by atoms with Crippen LogP contribution in [0, 0.1) is 5.21 Å². The average Bonchev–Trinajstić information content (AvgIpc) is 2.98. The highest BCUT2D eigenvalue weighted by Crippen LogP contribution is 2.36. The Morgan fingerprint density at radius 3 is 2.43 bits per heavy atom. The van der Waals surface area contributed by atoms with Gasteiger partial charge in [-0.3, -0.25) is 4.90 Å². The Morgan fingerprint density at radius 1 is 1.36 bits per heavy atom. The van der Waals surface area contributed by atoms with Crippen LogP contribution < -0.4 is 14.7 Å². The Labute approximate surface area is 81.2 Å². The fourth-order valence-electron chi connectivity index (χ4n) is 1.72. The molecular weight excluding hydrogens is 184 g/mol. The van der Waals surface area contributed by atoms with E-state index in [2.05, 4.69) is 28.5 Å². The van der Waals surface area contributed by atoms with Gasteiger partial charge in [0.05, 0.1) is 6.54 Å². The Balaban J connectivity index is 1.96. The number of rotatable bonds is 2. The zero-order valence-corrected chi connectivity index (χ0v) is 8.17. The normalized spacial score (nSPS) is 29.6. The lowest BCUT2D eigenvalue weighted by Crippen LogP contribution is -2.28. The van der Waals surface area contributed by atoms with E-state index in [-0.39, 0.29) is 0 Å². The minimum atomic E-state index is 0.434. The summed E-state index contributed by atoms with van der Waals surface area (Å²) in [6, 6.07) is 0.915. The predicted molar refractivity (Wildman–Crippen MR) is 49.1 cm³/mol. The summed E-state index contributed by atoms with van der Waals surface area (Å²) in [5.74, 6) is 1.26. The molecule has 3 rings (SSSR count). The molecule has 0 aliphatic carbocycles. The Kier molecular flexibility index (Phi) is 1.31. The molecule has 3 heterocycles. The van der Waals surface area contributed by atoms with E-state index in [1.807, 2.05) is 4.90 Å². The van der Waals surface area contributed by atoms with Gasteiger partial charge in [-0.05, 0) is 19.0 Å². The van der Waals surface area contributed by atoms with Gasteiger partial charge >= 0.3 is 11.6 Å². The zero-order chi connectivity index (χ0) is 9.87. The van der Waals surface area contributed by atoms with Crippen LogP contribution in [0.25, 0.3) is 0 Å². The summed E-state index contributed by atoms with van der Waals surface area (Å²) >= 11 is 0. The molecule has 6 nitrogen and oxygen atoms in total. The van der Waals surface area contributed by atoms with Gasteiger partial charge in [0.25, 0.3) is 0 Å². The topological polar surface area (TPSA) is 59.0 Å². The standard InChI is InChI=1S/C8H12N4O2/c1-5-3-10(5)7-8(11-4-6(11)2)12(13)14-9-7/h5-6H,3-4H2,1-2H3. The second kappa shape index (κ2) is 2.31. The summed E-state index contributed by atoms with van der Waals surface area (Å²) in [4.78, 5) is 4.55. The van der Waals surface area contributed by atoms with E-state index in [1.54, 1.807) is 0 Å². The lowest BCUT2D eigenvalue weighted by molar-refractivity contribution is -0.791. The number of anilines is 2. The van der Waals surface area contributed by atoms with Crippen molar-refractivity contribution in [2.24, 2.45) is 0 Å². The molecule has 6 heteroatoms. The maximum Gasteiger partial charge on any atom is 0.322 e. The van der Waals surface area contributed by atoms with Crippen molar-refractivity contribution in [3.05, 3.63) is 5.21 Å². The maximum absolute atomic E-state index is 11.3. The van der Waals surface area contributed by atoms with E-state index in [9.17, 15) is 5.21 Å². The first kappa shape index (κ1) is 7.90. The second-order valence-corrected chi connectivity index (χ2v) is 4.08. The fraction of sp³-hybridized carbons (Fsp3) is 0.750. The highest BCUT2D eigenvalue weighted by molar-refractivity contribution is 5.66. The molecule has 1 aromatic rings. The van der Waals surface area contributed by atoms with Crippen LogP contribution in [0.15, 0.2) is 4.63 Å². The van der Waals surface area contributed by atoms with Crippen molar-refractivity contribution in [1.82, 2.24) is 5.16 Å². The molecule has 0 N–H and O–H groups in total. The van der Waals surface area contributed by atoms with Crippen LogP contribution in [0.4, 0.5) is 11.6 Å². The van der Waals surface area contributed by atoms with E-state index in [0.29, 0.717) is 28.6 Å². The smallest absolute Gasteiger partial charge is 0.322 e. The lowest BCUT2D eigenvalue weighted by atomic mass is 10.5. The molecule has 76 valence electrons. The highest BCUT2D eigenvalue weighted by atomic mass is 16.8. The van der Waals surface area contributed by atoms with E-state index >= 15 is 0 Å². The summed E-state index contributed by atoms with van der Waals surface area (Å²) in [5, 5.41) is 15.1. The number of hydrogen-bond acceptors (Lipinski definition) is 5. The quantitative estimate of drug-likeness (QED) is 0.481. The van der Waals surface area contributed by atoms with E-state index in [0.717, 1.165) is 13.1 Å². The van der Waals surface area contributed by atoms with Crippen LogP contribution in [0.2, 0.25) is 0 Å². The van der Waals surface area contributed by atoms with Gasteiger partial charge in [-0.15, -0.1) is 0 Å². The third-order valence-corrected chi connectivity index (χ3v) is 2.84. The van der Waals surface area contributed by atoms with Crippen molar-refractivity contribution in [3.63, 3.8) is 0 Å². The van der Waals surface area contributed by atoms with Crippen molar-refractivity contribution in [1.29, 1.82) is 0 Å². The molecule has 14 heavy (non-hydrogen) atoms. The molecule has 0 radical (unpaired) electrons. The monoisotopic (exact) mass is 196 g/mol. The highest BCUT2D eigenvalue weighted by Gasteiger charge is 2.46. The SMILES string of the molecule is CC1CN1c1no[n+]([O-])c1N1CC1C. The first-order valence-corrected chi connectivity index (χ1v) is 4.81. The first-order chi connectivity index (χ1) is 6.68. The third-order valence-electron chi connectivity index (χ3n) is 2.84. The van der Waals surface area contributed by atoms with Crippen LogP contribution in [0.1, 0.15) is 13.8 Å². The molecular formula is C8H12N4O2. The van der Waals surface area contributed by atoms with E-state index in [4.69, 9.17) is 0 Å². The molecule has 2 atom stereocenters. The Hall–Kier alpha value is -1.46. The summed E-state index contributed by atoms with van der Waals surface area (Å²) in [5.41, 5.74) is 0. The predicted octanol–water partition coefficient (Wildman–Crippen LogP) is -0.275. The minimum Gasteiger partial charge on any atom is -0.391 e. The van der Waals surface area contributed by atoms with Crippen molar-refractivity contribution in [2.75, 3.05) is 22.9 Å². The van der Waals surface area contributed by atoms with Crippen LogP contribution in [0.3, 0.4) is 0 Å². The van der Waals surface area contributed by atoms with Crippen molar-refractivity contribution in [2.45, 2.75) is 25.9 Å². The van der Waals surface area contributed by atoms with E-state index in [1.165, 1.54) is 0 Å². The Bertz CT molecular complexity index is 377. The third kappa shape index (κ3) is 0.964. The molecule has 0 aromatic carbocycles. The van der Waals surface area contributed by atoms with Crippen LogP contribution in [-0.4, -0.2) is 30.3 Å². The molecule has 0 bridgehead atoms. The molecule has 2 aliphatic heterocycles. The maximum atomic E-state index is 11.3. The zero-order valence-electron chi connectivity index (χ0n) is 8.17. The van der Waals surface area contributed by atoms with Gasteiger partial charge in [-0.2, -0.15) is 0 Å². The molecule has 0 saturated carbocycles. The molecule has 2 saturated heterocycles. The molecule has 0 amide bonds. The van der Waals surface area contributed by atoms with Gasteiger partial charge in [-0.25, -0.2) is 0 Å². The first-order valence-electron chi connectivity index (χ1n) is 4.81. The lowest BCUT2D eigenvalue weighted by Gasteiger charge is -1.99. The van der Waals surface area contributed by atoms with Gasteiger partial charge in [0.15, 0.2) is 0 Å². The second-order valence-electron chi connectivity index (χ2n) is 4.08. The largest absolute Gasteiger partial charge is 0.391 e. The summed E-state index contributed by atoms with van der Waals surface area (Å²) in [6.45, 7) is 6.04. The molecule has 2 unspecified atom stereocenters. The van der Waals surface area contributed by atoms with Crippen molar-refractivity contribution < 1.29 is 9.53 Å². The van der Waals surface area contributed by atoms with Gasteiger partial charge in [-0.1, -0.05) is 4.90 Å². The molecule has 2 fully saturated rings. The molecule has 1 aromatic heterocycles. The van der Waals surface area contributed by atoms with Gasteiger partial charge in [0.1, 0.15) is 6.04 Å². The van der Waals surface area contributed by atoms with Crippen molar-refractivity contribution >= 4 is 11.6 Å². The summed E-state index contributed by atoms with van der Waals surface area (Å²) in [6.07, 6.45) is 0. The van der Waals surface area contributed by atoms with Crippen LogP contribution in [-0.2, 0) is 0 Å². The molecule has 2 aliphatic rings. The Morgan fingerprint density at radius 2 is 1.93 bits per heavy atom. The van der Waals surface area contributed by atoms with Crippen molar-refractivity contribution in [3.8, 4) is 0 Å².